The number of β-lactam (4-membered cyclic amide) rings is 1. The van der Waals surface area contributed by atoms with Crippen LogP contribution >= 0.6 is 34.4 Å². The number of aliphatic carboxylic acids is 1. The van der Waals surface area contributed by atoms with Crippen LogP contribution in [0.25, 0.3) is 10.2 Å². The summed E-state index contributed by atoms with van der Waals surface area (Å²) in [4.78, 5) is 49.8. The van der Waals surface area contributed by atoms with Crippen LogP contribution in [0.4, 0.5) is 9.52 Å². The number of ether oxygens (including phenoxy) is 1. The van der Waals surface area contributed by atoms with Crippen molar-refractivity contribution >= 4 is 73.3 Å². The molecule has 2 aliphatic rings. The molecular weight excluding hydrogens is 583 g/mol. The number of nitrogens with one attached hydrogen (secondary N) is 1. The Kier molecular flexibility index (Phi) is 7.91. The molecule has 0 saturated carbocycles. The van der Waals surface area contributed by atoms with Gasteiger partial charge in [0.1, 0.15) is 34.3 Å². The minimum Gasteiger partial charge on any atom is -0.543 e. The van der Waals surface area contributed by atoms with Gasteiger partial charge in [-0.1, -0.05) is 16.5 Å². The third kappa shape index (κ3) is 5.21. The first-order valence-electron chi connectivity index (χ1n) is 11.9. The fraction of sp³-hybridized carbons (Fsp3) is 0.333. The van der Waals surface area contributed by atoms with Gasteiger partial charge in [0.15, 0.2) is 23.6 Å². The summed E-state index contributed by atoms with van der Waals surface area (Å²) in [5.74, 6) is -2.14. The second-order valence-electron chi connectivity index (χ2n) is 8.97. The average Bonchev–Trinajstić information content (AvgIpc) is 3.53. The van der Waals surface area contributed by atoms with Crippen LogP contribution in [0, 0.1) is 0 Å². The Morgan fingerprint density at radius 2 is 2.17 bits per heavy atom. The lowest BCUT2D eigenvalue weighted by molar-refractivity contribution is -0.661. The number of oxime groups is 1. The monoisotopic (exact) mass is 606 g/mol. The first kappa shape index (κ1) is 27.8. The van der Waals surface area contributed by atoms with Crippen molar-refractivity contribution in [3.05, 3.63) is 46.1 Å². The Hall–Kier alpha value is -3.76. The summed E-state index contributed by atoms with van der Waals surface area (Å²) in [6.07, 6.45) is 1.45. The van der Waals surface area contributed by atoms with E-state index in [0.29, 0.717) is 16.7 Å². The summed E-state index contributed by atoms with van der Waals surface area (Å²) in [5, 5.41) is 22.3. The highest BCUT2D eigenvalue weighted by Crippen LogP contribution is 2.40. The van der Waals surface area contributed by atoms with Gasteiger partial charge < -0.3 is 30.5 Å². The highest BCUT2D eigenvalue weighted by molar-refractivity contribution is 8.00. The number of nitrogen functional groups attached to an aromatic ring is 1. The summed E-state index contributed by atoms with van der Waals surface area (Å²) in [6, 6.07) is 2.53. The molecule has 0 aromatic carbocycles. The summed E-state index contributed by atoms with van der Waals surface area (Å²) < 4.78 is 19.6. The molecule has 12 nitrogen and oxygen atoms in total. The number of hydrogen-bond acceptors (Lipinski definition) is 12. The van der Waals surface area contributed by atoms with Crippen molar-refractivity contribution in [3.8, 4) is 5.75 Å². The van der Waals surface area contributed by atoms with Crippen molar-refractivity contribution in [2.75, 3.05) is 18.3 Å². The molecule has 1 unspecified atom stereocenters. The molecule has 0 radical (unpaired) electrons. The van der Waals surface area contributed by atoms with Crippen LogP contribution in [0.3, 0.4) is 0 Å². The van der Waals surface area contributed by atoms with E-state index in [2.05, 4.69) is 15.5 Å². The average molecular weight is 607 g/mol. The molecule has 210 valence electrons. The molecule has 3 aromatic rings. The quantitative estimate of drug-likeness (QED) is 0.147. The molecule has 0 spiro atoms. The standard InChI is InChI=1S/C24H23FN6O6S3/c1-11(2)37-29-16(14-8-40-24(26)27-14)19(32)28-17-20(33)31-18(23(34)35)12(7-38-22(17)31)6-30-5-3-4-13-15(36-10-25)9-39-21(13)30/h3-5,8-9,11,17,22H,6-7,10H2,1-2H3,(H3-,26,27,28,32,34,35)/b29-16-/t17?,22-/m1/s1. The van der Waals surface area contributed by atoms with E-state index in [1.54, 1.807) is 42.9 Å². The van der Waals surface area contributed by atoms with Crippen molar-refractivity contribution in [3.63, 3.8) is 0 Å². The van der Waals surface area contributed by atoms with Crippen LogP contribution < -0.4 is 25.5 Å². The van der Waals surface area contributed by atoms with Crippen molar-refractivity contribution in [2.24, 2.45) is 5.16 Å². The van der Waals surface area contributed by atoms with Gasteiger partial charge in [-0.25, -0.2) is 9.37 Å². The summed E-state index contributed by atoms with van der Waals surface area (Å²) >= 11 is 3.76. The lowest BCUT2D eigenvalue weighted by atomic mass is 10.0. The Morgan fingerprint density at radius 1 is 1.38 bits per heavy atom. The van der Waals surface area contributed by atoms with Gasteiger partial charge in [-0.15, -0.1) is 23.1 Å². The number of thioether (sulfide) groups is 1. The van der Waals surface area contributed by atoms with E-state index in [9.17, 15) is 23.9 Å². The van der Waals surface area contributed by atoms with E-state index < -0.39 is 36.1 Å². The Morgan fingerprint density at radius 3 is 2.85 bits per heavy atom. The number of thiazole rings is 1. The fourth-order valence-corrected chi connectivity index (χ4v) is 7.14. The lowest BCUT2D eigenvalue weighted by Crippen LogP contribution is -2.71. The summed E-state index contributed by atoms with van der Waals surface area (Å²) in [5.41, 5.74) is 5.98. The molecule has 1 saturated heterocycles. The number of halogens is 1. The highest BCUT2D eigenvalue weighted by atomic mass is 32.2. The Bertz CT molecular complexity index is 1550. The van der Waals surface area contributed by atoms with Crippen molar-refractivity contribution in [2.45, 2.75) is 37.9 Å². The Labute approximate surface area is 239 Å². The number of nitrogens with two attached hydrogens (primary N) is 1. The maximum absolute atomic E-state index is 13.2. The molecule has 16 heteroatoms. The van der Waals surface area contributed by atoms with Crippen LogP contribution in [0.15, 0.2) is 45.5 Å². The number of amides is 2. The normalized spacial score (nSPS) is 19.1. The number of thiophene rings is 1. The number of carbonyl (C=O) groups is 3. The maximum atomic E-state index is 13.2. The first-order valence-corrected chi connectivity index (χ1v) is 14.7. The van der Waals surface area contributed by atoms with E-state index >= 15 is 0 Å². The van der Waals surface area contributed by atoms with Crippen molar-refractivity contribution in [1.29, 1.82) is 0 Å². The molecule has 3 aromatic heterocycles. The van der Waals surface area contributed by atoms with Gasteiger partial charge in [0.05, 0.1) is 11.7 Å². The van der Waals surface area contributed by atoms with Gasteiger partial charge in [0.2, 0.25) is 6.86 Å². The van der Waals surface area contributed by atoms with Gasteiger partial charge in [0.25, 0.3) is 16.6 Å². The molecule has 2 atom stereocenters. The minimum atomic E-state index is -1.50. The molecular formula is C24H23FN6O6S3. The van der Waals surface area contributed by atoms with Crippen LogP contribution in [-0.2, 0) is 25.8 Å². The van der Waals surface area contributed by atoms with Crippen molar-refractivity contribution < 1.29 is 38.0 Å². The summed E-state index contributed by atoms with van der Waals surface area (Å²) in [6.45, 7) is 2.66. The van der Waals surface area contributed by atoms with Crippen LogP contribution in [0.2, 0.25) is 0 Å². The number of hydrogen-bond donors (Lipinski definition) is 2. The topological polar surface area (TPSA) is 163 Å². The zero-order valence-corrected chi connectivity index (χ0v) is 23.6. The van der Waals surface area contributed by atoms with E-state index in [1.807, 2.05) is 4.57 Å². The number of carbonyl (C=O) groups excluding carboxylic acids is 3. The largest absolute Gasteiger partial charge is 0.543 e. The zero-order chi connectivity index (χ0) is 28.6. The van der Waals surface area contributed by atoms with Gasteiger partial charge in [-0.05, 0) is 19.9 Å². The van der Waals surface area contributed by atoms with Gasteiger partial charge in [-0.2, -0.15) is 4.57 Å². The van der Waals surface area contributed by atoms with Crippen LogP contribution in [0.5, 0.6) is 5.75 Å². The zero-order valence-electron chi connectivity index (χ0n) is 21.2. The van der Waals surface area contributed by atoms with Crippen LogP contribution in [-0.4, -0.2) is 63.5 Å². The molecule has 2 amide bonds. The predicted octanol–water partition coefficient (Wildman–Crippen LogP) is 0.767. The number of anilines is 1. The van der Waals surface area contributed by atoms with E-state index in [1.165, 1.54) is 23.1 Å². The molecule has 5 rings (SSSR count). The second kappa shape index (κ2) is 11.4. The van der Waals surface area contributed by atoms with Gasteiger partial charge in [0, 0.05) is 28.2 Å². The molecule has 0 bridgehead atoms. The number of rotatable bonds is 10. The summed E-state index contributed by atoms with van der Waals surface area (Å²) in [7, 11) is 0. The number of carboxylic acids is 1. The highest BCUT2D eigenvalue weighted by Gasteiger charge is 2.53. The number of pyridine rings is 1. The lowest BCUT2D eigenvalue weighted by Gasteiger charge is -2.50. The molecule has 1 fully saturated rings. The number of nitrogens with zero attached hydrogens (tertiary/aromatic N) is 4. The van der Waals surface area contributed by atoms with E-state index in [0.717, 1.165) is 21.1 Å². The van der Waals surface area contributed by atoms with E-state index in [-0.39, 0.29) is 40.6 Å². The molecule has 3 N–H and O–H groups in total. The number of carboxylic acid groups (broad SMARTS) is 1. The molecule has 5 heterocycles. The SMILES string of the molecule is CC(C)O/N=C(\C(=O)NC1C(=O)N2C(C(=O)[O-])=C(C[n+]3cccc4c(OCF)csc43)CS[C@H]12)c1csc(N)n1. The Balaban J connectivity index is 1.37. The fourth-order valence-electron chi connectivity index (χ4n) is 4.29. The number of alkyl halides is 1. The minimum absolute atomic E-state index is 0.151. The van der Waals surface area contributed by atoms with Crippen LogP contribution in [0.1, 0.15) is 19.5 Å². The first-order chi connectivity index (χ1) is 19.2. The number of fused-ring (bicyclic) bond motifs is 2. The second-order valence-corrected chi connectivity index (χ2v) is 11.8. The third-order valence-corrected chi connectivity index (χ3v) is 9.02. The van der Waals surface area contributed by atoms with Gasteiger partial charge in [-0.3, -0.25) is 14.5 Å². The van der Waals surface area contributed by atoms with E-state index in [4.69, 9.17) is 15.3 Å². The van der Waals surface area contributed by atoms with Gasteiger partial charge >= 0.3 is 0 Å². The number of aromatic nitrogens is 2. The van der Waals surface area contributed by atoms with Crippen molar-refractivity contribution in [1.82, 2.24) is 15.2 Å². The molecule has 40 heavy (non-hydrogen) atoms. The predicted molar refractivity (Wildman–Crippen MR) is 145 cm³/mol. The maximum Gasteiger partial charge on any atom is 0.276 e. The molecule has 2 aliphatic heterocycles. The molecule has 0 aliphatic carbocycles. The smallest absolute Gasteiger partial charge is 0.276 e. The third-order valence-electron chi connectivity index (χ3n) is 6.00.